The predicted molar refractivity (Wildman–Crippen MR) is 92.0 cm³/mol. The molecule has 1 unspecified atom stereocenters. The fourth-order valence-corrected chi connectivity index (χ4v) is 3.43. The number of hydrogen-bond acceptors (Lipinski definition) is 12. The first-order valence-corrected chi connectivity index (χ1v) is 8.55. The number of halogens is 1. The van der Waals surface area contributed by atoms with Crippen LogP contribution in [0.4, 0.5) is 5.82 Å². The molecule has 14 heteroatoms. The first kappa shape index (κ1) is 20.3. The summed E-state index contributed by atoms with van der Waals surface area (Å²) in [4.78, 5) is 34.5. The van der Waals surface area contributed by atoms with E-state index in [0.29, 0.717) is 0 Å². The van der Waals surface area contributed by atoms with Crippen LogP contribution in [0.1, 0.15) is 20.1 Å². The topological polar surface area (TPSA) is 192 Å². The van der Waals surface area contributed by atoms with E-state index in [1.807, 2.05) is 0 Å². The minimum atomic E-state index is -2.79. The lowest BCUT2D eigenvalue weighted by molar-refractivity contribution is -0.270. The van der Waals surface area contributed by atoms with Crippen LogP contribution in [-0.4, -0.2) is 69.5 Å². The third kappa shape index (κ3) is 3.08. The number of nitrogen functional groups attached to an aromatic ring is 1. The molecular formula is C14H16BrN5O8. The Kier molecular flexibility index (Phi) is 5.01. The van der Waals surface area contributed by atoms with Crippen LogP contribution in [0.2, 0.25) is 0 Å². The Hall–Kier alpha value is -2.39. The zero-order chi connectivity index (χ0) is 20.9. The normalized spacial score (nSPS) is 30.9. The summed E-state index contributed by atoms with van der Waals surface area (Å²) in [5, 5.41) is 32.0. The van der Waals surface area contributed by atoms with Gasteiger partial charge in [0, 0.05) is 13.8 Å². The zero-order valence-corrected chi connectivity index (χ0v) is 16.1. The van der Waals surface area contributed by atoms with Crippen molar-refractivity contribution >= 4 is 44.9 Å². The minimum Gasteiger partial charge on any atom is -0.433 e. The Labute approximate surface area is 165 Å². The summed E-state index contributed by atoms with van der Waals surface area (Å²) in [6.07, 6.45) is -3.19. The summed E-state index contributed by atoms with van der Waals surface area (Å²) < 4.78 is 13.6. The Morgan fingerprint density at radius 1 is 1.32 bits per heavy atom. The Morgan fingerprint density at radius 2 is 2.00 bits per heavy atom. The van der Waals surface area contributed by atoms with Crippen molar-refractivity contribution in [1.82, 2.24) is 19.5 Å². The van der Waals surface area contributed by atoms with Gasteiger partial charge in [0.25, 0.3) is 5.79 Å². The van der Waals surface area contributed by atoms with Gasteiger partial charge in [0.2, 0.25) is 17.0 Å². The van der Waals surface area contributed by atoms with Gasteiger partial charge in [-0.3, -0.25) is 14.2 Å². The van der Waals surface area contributed by atoms with Crippen molar-refractivity contribution in [3.05, 3.63) is 12.7 Å². The molecule has 1 aliphatic rings. The van der Waals surface area contributed by atoms with Crippen LogP contribution in [0.5, 0.6) is 0 Å². The highest BCUT2D eigenvalue weighted by atomic mass is 79.9. The number of aliphatic hydroxyl groups is 3. The number of ether oxygens (including phenoxy) is 3. The average molecular weight is 462 g/mol. The molecule has 0 radical (unpaired) electrons. The van der Waals surface area contributed by atoms with E-state index in [1.54, 1.807) is 0 Å². The fraction of sp³-hybridized carbons (Fsp3) is 0.500. The molecule has 5 N–H and O–H groups in total. The molecule has 0 saturated carbocycles. The third-order valence-electron chi connectivity index (χ3n) is 3.97. The van der Waals surface area contributed by atoms with Crippen LogP contribution >= 0.6 is 15.9 Å². The van der Waals surface area contributed by atoms with Crippen LogP contribution in [0.3, 0.4) is 0 Å². The van der Waals surface area contributed by atoms with Crippen LogP contribution < -0.4 is 5.73 Å². The van der Waals surface area contributed by atoms with Crippen molar-refractivity contribution in [2.45, 2.75) is 42.8 Å². The quantitative estimate of drug-likeness (QED) is 0.234. The summed E-state index contributed by atoms with van der Waals surface area (Å²) in [6.45, 7) is 2.00. The van der Waals surface area contributed by atoms with Gasteiger partial charge >= 0.3 is 11.9 Å². The standard InChI is InChI=1S/C14H16BrN5O8/c1-5(21)26-11(23)8-13(15,24)14(25,28-6(2)22)12(27-8)20-4-19-7-9(16)17-3-18-10(7)20/h3-4,8,11-12,23-25H,1-2H3,(H2,16,17,18)/t8-,11?,12-,13-,14-/m1/s1. The molecule has 3 rings (SSSR count). The molecule has 5 atom stereocenters. The van der Waals surface area contributed by atoms with E-state index in [1.165, 1.54) is 0 Å². The van der Waals surface area contributed by atoms with Gasteiger partial charge in [-0.2, -0.15) is 0 Å². The number of aromatic nitrogens is 4. The molecule has 3 heterocycles. The van der Waals surface area contributed by atoms with Gasteiger partial charge in [-0.25, -0.2) is 15.0 Å². The monoisotopic (exact) mass is 461 g/mol. The van der Waals surface area contributed by atoms with E-state index in [-0.39, 0.29) is 17.0 Å². The molecule has 1 fully saturated rings. The van der Waals surface area contributed by atoms with E-state index >= 15 is 0 Å². The maximum atomic E-state index is 11.6. The molecule has 2 aromatic heterocycles. The number of carbonyl (C=O) groups is 2. The number of carbonyl (C=O) groups excluding carboxylic acids is 2. The number of rotatable bonds is 4. The van der Waals surface area contributed by atoms with Crippen LogP contribution in [-0.2, 0) is 23.8 Å². The molecule has 13 nitrogen and oxygen atoms in total. The number of hydrogen-bond donors (Lipinski definition) is 4. The maximum absolute atomic E-state index is 11.6. The molecule has 28 heavy (non-hydrogen) atoms. The summed E-state index contributed by atoms with van der Waals surface area (Å²) in [7, 11) is 0. The number of nitrogens with two attached hydrogens (primary N) is 1. The van der Waals surface area contributed by atoms with Crippen molar-refractivity contribution in [3.8, 4) is 0 Å². The molecule has 0 spiro atoms. The van der Waals surface area contributed by atoms with Gasteiger partial charge in [-0.1, -0.05) is 0 Å². The maximum Gasteiger partial charge on any atom is 0.305 e. The molecular weight excluding hydrogens is 446 g/mol. The third-order valence-corrected chi connectivity index (χ3v) is 4.99. The first-order chi connectivity index (χ1) is 13.0. The molecule has 0 bridgehead atoms. The smallest absolute Gasteiger partial charge is 0.305 e. The van der Waals surface area contributed by atoms with Gasteiger partial charge in [0.1, 0.15) is 11.8 Å². The molecule has 1 aliphatic heterocycles. The van der Waals surface area contributed by atoms with E-state index < -0.39 is 40.9 Å². The minimum absolute atomic E-state index is 0.0309. The number of nitrogens with zero attached hydrogens (tertiary/aromatic N) is 4. The average Bonchev–Trinajstić information content (AvgIpc) is 3.05. The molecule has 2 aromatic rings. The lowest BCUT2D eigenvalue weighted by atomic mass is 10.1. The first-order valence-electron chi connectivity index (χ1n) is 7.76. The molecule has 0 amide bonds. The number of imidazole rings is 1. The fourth-order valence-electron chi connectivity index (χ4n) is 2.82. The summed E-state index contributed by atoms with van der Waals surface area (Å²) >= 11 is 2.82. The van der Waals surface area contributed by atoms with Crippen LogP contribution in [0.15, 0.2) is 12.7 Å². The van der Waals surface area contributed by atoms with E-state index in [9.17, 15) is 24.9 Å². The van der Waals surface area contributed by atoms with Crippen molar-refractivity contribution in [2.24, 2.45) is 0 Å². The van der Waals surface area contributed by atoms with Crippen molar-refractivity contribution in [1.29, 1.82) is 0 Å². The number of anilines is 1. The van der Waals surface area contributed by atoms with Crippen molar-refractivity contribution in [3.63, 3.8) is 0 Å². The van der Waals surface area contributed by atoms with Gasteiger partial charge in [-0.05, 0) is 15.9 Å². The Bertz CT molecular complexity index is 936. The second kappa shape index (κ2) is 6.89. The number of esters is 2. The number of aliphatic hydroxyl groups excluding tert-OH is 1. The van der Waals surface area contributed by atoms with Crippen molar-refractivity contribution in [2.75, 3.05) is 5.73 Å². The lowest BCUT2D eigenvalue weighted by Crippen LogP contribution is -2.58. The van der Waals surface area contributed by atoms with E-state index in [2.05, 4.69) is 35.6 Å². The molecule has 0 aliphatic carbocycles. The zero-order valence-electron chi connectivity index (χ0n) is 14.5. The highest BCUT2D eigenvalue weighted by Gasteiger charge is 2.71. The van der Waals surface area contributed by atoms with E-state index in [0.717, 1.165) is 31.1 Å². The van der Waals surface area contributed by atoms with Gasteiger partial charge < -0.3 is 35.3 Å². The largest absolute Gasteiger partial charge is 0.433 e. The summed E-state index contributed by atoms with van der Waals surface area (Å²) in [6, 6.07) is 0. The Morgan fingerprint density at radius 3 is 2.61 bits per heavy atom. The molecule has 152 valence electrons. The molecule has 0 aromatic carbocycles. The second-order valence-corrected chi connectivity index (χ2v) is 7.16. The highest BCUT2D eigenvalue weighted by molar-refractivity contribution is 9.10. The number of alkyl halides is 1. The second-order valence-electron chi connectivity index (χ2n) is 5.96. The van der Waals surface area contributed by atoms with Gasteiger partial charge in [0.15, 0.2) is 17.6 Å². The summed E-state index contributed by atoms with van der Waals surface area (Å²) in [5.74, 6) is -4.62. The van der Waals surface area contributed by atoms with Gasteiger partial charge in [0.05, 0.1) is 6.33 Å². The van der Waals surface area contributed by atoms with E-state index in [4.69, 9.17) is 15.2 Å². The predicted octanol–water partition coefficient (Wildman–Crippen LogP) is -1.48. The molecule has 1 saturated heterocycles. The SMILES string of the molecule is CC(=O)OC(O)[C@H]1O[C@@H](n2cnc3c(N)ncnc32)[C@@](O)(OC(C)=O)[C@@]1(O)Br. The van der Waals surface area contributed by atoms with Crippen LogP contribution in [0.25, 0.3) is 11.2 Å². The lowest BCUT2D eigenvalue weighted by Gasteiger charge is -2.35. The van der Waals surface area contributed by atoms with Crippen molar-refractivity contribution < 1.29 is 39.1 Å². The van der Waals surface area contributed by atoms with Crippen LogP contribution in [0, 0.1) is 0 Å². The van der Waals surface area contributed by atoms with Gasteiger partial charge in [-0.15, -0.1) is 0 Å². The summed E-state index contributed by atoms with van der Waals surface area (Å²) in [5.41, 5.74) is 5.96. The highest BCUT2D eigenvalue weighted by Crippen LogP contribution is 2.51. The number of fused-ring (bicyclic) bond motifs is 1. The Balaban J connectivity index is 2.13.